The van der Waals surface area contributed by atoms with E-state index in [2.05, 4.69) is 10.6 Å². The third kappa shape index (κ3) is 3.96. The molecule has 0 spiro atoms. The molecule has 2 N–H and O–H groups in total. The van der Waals surface area contributed by atoms with Gasteiger partial charge in [-0.05, 0) is 12.1 Å². The lowest BCUT2D eigenvalue weighted by molar-refractivity contribution is -0.146. The van der Waals surface area contributed by atoms with E-state index in [0.29, 0.717) is 13.1 Å². The lowest BCUT2D eigenvalue weighted by Crippen LogP contribution is -2.49. The fraction of sp³-hybridized carbons (Fsp3) is 0.385. The summed E-state index contributed by atoms with van der Waals surface area (Å²) in [5.74, 6) is -0.0370. The second-order valence-electron chi connectivity index (χ2n) is 4.41. The van der Waals surface area contributed by atoms with Crippen LogP contribution in [-0.2, 0) is 9.53 Å². The highest BCUT2D eigenvalue weighted by molar-refractivity contribution is 5.89. The first-order valence-electron chi connectivity index (χ1n) is 6.10. The zero-order valence-corrected chi connectivity index (χ0v) is 10.8. The SMILES string of the molecule is CN1CC(CNC(=O)Nc2ccccc2)OCC1=O. The number of nitrogens with one attached hydrogen (secondary N) is 2. The first-order chi connectivity index (χ1) is 9.15. The molecule has 0 aromatic heterocycles. The number of morpholine rings is 1. The molecule has 2 rings (SSSR count). The van der Waals surface area contributed by atoms with Crippen LogP contribution in [0.1, 0.15) is 0 Å². The van der Waals surface area contributed by atoms with E-state index in [9.17, 15) is 9.59 Å². The van der Waals surface area contributed by atoms with Crippen LogP contribution in [0.3, 0.4) is 0 Å². The molecular formula is C13H17N3O3. The maximum atomic E-state index is 11.6. The molecule has 102 valence electrons. The number of benzene rings is 1. The van der Waals surface area contributed by atoms with Gasteiger partial charge in [0.2, 0.25) is 5.91 Å². The van der Waals surface area contributed by atoms with E-state index in [1.807, 2.05) is 30.3 Å². The van der Waals surface area contributed by atoms with Gasteiger partial charge in [0.15, 0.2) is 0 Å². The Hall–Kier alpha value is -2.08. The van der Waals surface area contributed by atoms with Crippen molar-refractivity contribution < 1.29 is 14.3 Å². The number of ether oxygens (including phenoxy) is 1. The van der Waals surface area contributed by atoms with Crippen LogP contribution < -0.4 is 10.6 Å². The van der Waals surface area contributed by atoms with Crippen LogP contribution in [0.5, 0.6) is 0 Å². The van der Waals surface area contributed by atoms with Gasteiger partial charge in [0.25, 0.3) is 0 Å². The molecule has 1 heterocycles. The lowest BCUT2D eigenvalue weighted by atomic mass is 10.3. The molecule has 1 atom stereocenters. The van der Waals surface area contributed by atoms with Crippen molar-refractivity contribution in [3.8, 4) is 0 Å². The standard InChI is InChI=1S/C13H17N3O3/c1-16-8-11(19-9-12(16)17)7-14-13(18)15-10-5-3-2-4-6-10/h2-6,11H,7-9H2,1H3,(H2,14,15,18). The third-order valence-electron chi connectivity index (χ3n) is 2.87. The maximum Gasteiger partial charge on any atom is 0.319 e. The van der Waals surface area contributed by atoms with Crippen LogP contribution in [-0.4, -0.2) is 49.7 Å². The molecule has 0 bridgehead atoms. The molecule has 1 aliphatic heterocycles. The number of anilines is 1. The summed E-state index contributed by atoms with van der Waals surface area (Å²) >= 11 is 0. The number of hydrogen-bond acceptors (Lipinski definition) is 3. The number of likely N-dealkylation sites (N-methyl/N-ethyl adjacent to an activating group) is 1. The highest BCUT2D eigenvalue weighted by Crippen LogP contribution is 2.05. The van der Waals surface area contributed by atoms with E-state index in [1.54, 1.807) is 11.9 Å². The predicted molar refractivity (Wildman–Crippen MR) is 70.8 cm³/mol. The molecule has 1 aromatic rings. The monoisotopic (exact) mass is 263 g/mol. The molecule has 1 aromatic carbocycles. The molecular weight excluding hydrogens is 246 g/mol. The fourth-order valence-corrected chi connectivity index (χ4v) is 1.79. The van der Waals surface area contributed by atoms with E-state index in [1.165, 1.54) is 0 Å². The summed E-state index contributed by atoms with van der Waals surface area (Å²) < 4.78 is 5.33. The van der Waals surface area contributed by atoms with Crippen LogP contribution in [0.4, 0.5) is 10.5 Å². The van der Waals surface area contributed by atoms with E-state index >= 15 is 0 Å². The molecule has 6 nitrogen and oxygen atoms in total. The molecule has 1 fully saturated rings. The van der Waals surface area contributed by atoms with Crippen molar-refractivity contribution in [1.82, 2.24) is 10.2 Å². The van der Waals surface area contributed by atoms with Gasteiger partial charge in [-0.25, -0.2) is 4.79 Å². The number of carbonyl (C=O) groups excluding carboxylic acids is 2. The summed E-state index contributed by atoms with van der Waals surface area (Å²) in [6.07, 6.45) is -0.163. The molecule has 3 amide bonds. The van der Waals surface area contributed by atoms with Gasteiger partial charge in [0, 0.05) is 25.8 Å². The van der Waals surface area contributed by atoms with Crippen molar-refractivity contribution >= 4 is 17.6 Å². The largest absolute Gasteiger partial charge is 0.365 e. The second kappa shape index (κ2) is 6.19. The van der Waals surface area contributed by atoms with Gasteiger partial charge in [-0.15, -0.1) is 0 Å². The highest BCUT2D eigenvalue weighted by atomic mass is 16.5. The molecule has 1 saturated heterocycles. The Morgan fingerprint density at radius 3 is 2.84 bits per heavy atom. The first-order valence-corrected chi connectivity index (χ1v) is 6.10. The molecule has 0 aliphatic carbocycles. The van der Waals surface area contributed by atoms with Crippen LogP contribution in [0.2, 0.25) is 0 Å². The Morgan fingerprint density at radius 2 is 2.16 bits per heavy atom. The van der Waals surface area contributed by atoms with Gasteiger partial charge >= 0.3 is 6.03 Å². The zero-order chi connectivity index (χ0) is 13.7. The quantitative estimate of drug-likeness (QED) is 0.842. The summed E-state index contributed by atoms with van der Waals surface area (Å²) in [6, 6.07) is 8.91. The number of urea groups is 1. The van der Waals surface area contributed by atoms with Gasteiger partial charge in [-0.2, -0.15) is 0 Å². The zero-order valence-electron chi connectivity index (χ0n) is 10.8. The van der Waals surface area contributed by atoms with Gasteiger partial charge in [-0.3, -0.25) is 4.79 Å². The minimum absolute atomic E-state index is 0.0370. The van der Waals surface area contributed by atoms with E-state index < -0.39 is 0 Å². The van der Waals surface area contributed by atoms with E-state index in [0.717, 1.165) is 5.69 Å². The Bertz CT molecular complexity index is 450. The third-order valence-corrected chi connectivity index (χ3v) is 2.87. The van der Waals surface area contributed by atoms with Crippen LogP contribution in [0, 0.1) is 0 Å². The molecule has 1 aliphatic rings. The Balaban J connectivity index is 1.73. The average Bonchev–Trinajstić information content (AvgIpc) is 2.41. The smallest absolute Gasteiger partial charge is 0.319 e. The van der Waals surface area contributed by atoms with Gasteiger partial charge in [0.1, 0.15) is 6.61 Å². The minimum atomic E-state index is -0.283. The summed E-state index contributed by atoms with van der Waals surface area (Å²) in [7, 11) is 1.72. The number of carbonyl (C=O) groups is 2. The Labute approximate surface area is 111 Å². The minimum Gasteiger partial charge on any atom is -0.365 e. The average molecular weight is 263 g/mol. The Morgan fingerprint density at radius 1 is 1.42 bits per heavy atom. The van der Waals surface area contributed by atoms with Crippen LogP contribution >= 0.6 is 0 Å². The Kier molecular flexibility index (Phi) is 4.35. The predicted octanol–water partition coefficient (Wildman–Crippen LogP) is 0.665. The van der Waals surface area contributed by atoms with Crippen molar-refractivity contribution in [2.24, 2.45) is 0 Å². The number of hydrogen-bond donors (Lipinski definition) is 2. The molecule has 19 heavy (non-hydrogen) atoms. The number of rotatable bonds is 3. The molecule has 6 heteroatoms. The first kappa shape index (κ1) is 13.4. The molecule has 0 saturated carbocycles. The van der Waals surface area contributed by atoms with Gasteiger partial charge in [0.05, 0.1) is 6.10 Å². The molecule has 0 radical (unpaired) electrons. The lowest BCUT2D eigenvalue weighted by Gasteiger charge is -2.29. The van der Waals surface area contributed by atoms with Crippen molar-refractivity contribution in [1.29, 1.82) is 0 Å². The van der Waals surface area contributed by atoms with Crippen molar-refractivity contribution in [3.05, 3.63) is 30.3 Å². The van der Waals surface area contributed by atoms with Gasteiger partial charge in [-0.1, -0.05) is 18.2 Å². The highest BCUT2D eigenvalue weighted by Gasteiger charge is 2.23. The molecule has 1 unspecified atom stereocenters. The number of amides is 3. The topological polar surface area (TPSA) is 70.7 Å². The van der Waals surface area contributed by atoms with Crippen molar-refractivity contribution in [3.63, 3.8) is 0 Å². The second-order valence-corrected chi connectivity index (χ2v) is 4.41. The summed E-state index contributed by atoms with van der Waals surface area (Å²) in [5.41, 5.74) is 0.733. The van der Waals surface area contributed by atoms with E-state index in [4.69, 9.17) is 4.74 Å². The number of nitrogens with zero attached hydrogens (tertiary/aromatic N) is 1. The van der Waals surface area contributed by atoms with Crippen molar-refractivity contribution in [2.75, 3.05) is 32.1 Å². The maximum absolute atomic E-state index is 11.6. The van der Waals surface area contributed by atoms with Crippen LogP contribution in [0.15, 0.2) is 30.3 Å². The summed E-state index contributed by atoms with van der Waals surface area (Å²) in [5, 5.41) is 5.44. The summed E-state index contributed by atoms with van der Waals surface area (Å²) in [6.45, 7) is 0.934. The fourth-order valence-electron chi connectivity index (χ4n) is 1.79. The summed E-state index contributed by atoms with van der Waals surface area (Å²) in [4.78, 5) is 24.5. The van der Waals surface area contributed by atoms with Crippen LogP contribution in [0.25, 0.3) is 0 Å². The van der Waals surface area contributed by atoms with E-state index in [-0.39, 0.29) is 24.6 Å². The number of para-hydroxylation sites is 1. The normalized spacial score (nSPS) is 19.1. The van der Waals surface area contributed by atoms with Gasteiger partial charge < -0.3 is 20.3 Å². The van der Waals surface area contributed by atoms with Crippen molar-refractivity contribution in [2.45, 2.75) is 6.10 Å².